The van der Waals surface area contributed by atoms with Crippen molar-refractivity contribution in [2.75, 3.05) is 0 Å². The first-order chi connectivity index (χ1) is 9.43. The second-order valence-corrected chi connectivity index (χ2v) is 4.42. The second kappa shape index (κ2) is 3.88. The molecule has 4 rings (SSSR count). The fourth-order valence-corrected chi connectivity index (χ4v) is 2.44. The van der Waals surface area contributed by atoms with Gasteiger partial charge in [-0.1, -0.05) is 6.07 Å². The lowest BCUT2D eigenvalue weighted by molar-refractivity contribution is 1.12. The van der Waals surface area contributed by atoms with Gasteiger partial charge in [-0.05, 0) is 23.8 Å². The molecule has 0 saturated heterocycles. The van der Waals surface area contributed by atoms with Gasteiger partial charge in [-0.15, -0.1) is 0 Å². The minimum atomic E-state index is 1.05. The number of aromatic nitrogens is 4. The van der Waals surface area contributed by atoms with Crippen LogP contribution in [0.3, 0.4) is 0 Å². The Kier molecular flexibility index (Phi) is 2.08. The molecular formula is C15H10N4. The summed E-state index contributed by atoms with van der Waals surface area (Å²) in [7, 11) is 0. The summed E-state index contributed by atoms with van der Waals surface area (Å²) in [5.41, 5.74) is 3.26. The van der Waals surface area contributed by atoms with E-state index < -0.39 is 0 Å². The number of hydrogen-bond acceptors (Lipinski definition) is 3. The summed E-state index contributed by atoms with van der Waals surface area (Å²) < 4.78 is 0. The van der Waals surface area contributed by atoms with E-state index in [-0.39, 0.29) is 0 Å². The van der Waals surface area contributed by atoms with E-state index in [1.807, 2.05) is 30.7 Å². The van der Waals surface area contributed by atoms with Crippen molar-refractivity contribution in [2.45, 2.75) is 0 Å². The molecule has 0 aliphatic rings. The Balaban J connectivity index is 2.19. The predicted molar refractivity (Wildman–Crippen MR) is 74.6 cm³/mol. The standard InChI is InChI=1S/C15H10N4/c1-2-10(7-16-4-1)13-6-11-8-18-19-15(11)12-3-5-17-9-14(12)13/h1-9H,(H,18,19). The largest absolute Gasteiger partial charge is 0.277 e. The number of nitrogens with zero attached hydrogens (tertiary/aromatic N) is 3. The molecule has 0 aliphatic carbocycles. The molecule has 3 heterocycles. The van der Waals surface area contributed by atoms with Crippen molar-refractivity contribution in [2.24, 2.45) is 0 Å². The minimum absolute atomic E-state index is 1.05. The van der Waals surface area contributed by atoms with E-state index in [2.05, 4.69) is 32.3 Å². The van der Waals surface area contributed by atoms with E-state index in [9.17, 15) is 0 Å². The fraction of sp³-hybridized carbons (Fsp3) is 0. The van der Waals surface area contributed by atoms with E-state index in [1.165, 1.54) is 0 Å². The summed E-state index contributed by atoms with van der Waals surface area (Å²) in [5, 5.41) is 10.5. The third kappa shape index (κ3) is 1.50. The van der Waals surface area contributed by atoms with Crippen LogP contribution in [-0.2, 0) is 0 Å². The van der Waals surface area contributed by atoms with Gasteiger partial charge in [0.15, 0.2) is 0 Å². The lowest BCUT2D eigenvalue weighted by atomic mass is 9.99. The average molecular weight is 246 g/mol. The SMILES string of the molecule is c1cncc(-c2cc3cn[nH]c3c3ccncc23)c1. The maximum absolute atomic E-state index is 4.24. The highest BCUT2D eigenvalue weighted by atomic mass is 15.1. The van der Waals surface area contributed by atoms with Crippen LogP contribution in [-0.4, -0.2) is 20.2 Å². The first-order valence-corrected chi connectivity index (χ1v) is 6.04. The summed E-state index contributed by atoms with van der Waals surface area (Å²) in [6, 6.07) is 8.13. The van der Waals surface area contributed by atoms with Gasteiger partial charge in [-0.2, -0.15) is 5.10 Å². The Morgan fingerprint density at radius 2 is 1.84 bits per heavy atom. The van der Waals surface area contributed by atoms with Gasteiger partial charge in [0.05, 0.1) is 11.7 Å². The number of pyridine rings is 2. The number of fused-ring (bicyclic) bond motifs is 3. The lowest BCUT2D eigenvalue weighted by Crippen LogP contribution is -1.85. The molecule has 4 heteroatoms. The molecule has 0 spiro atoms. The highest BCUT2D eigenvalue weighted by Crippen LogP contribution is 2.32. The van der Waals surface area contributed by atoms with E-state index in [4.69, 9.17) is 0 Å². The number of rotatable bonds is 1. The van der Waals surface area contributed by atoms with Crippen LogP contribution in [0.2, 0.25) is 0 Å². The Morgan fingerprint density at radius 1 is 0.895 bits per heavy atom. The quantitative estimate of drug-likeness (QED) is 0.561. The summed E-state index contributed by atoms with van der Waals surface area (Å²) in [5.74, 6) is 0. The van der Waals surface area contributed by atoms with Gasteiger partial charge in [0.25, 0.3) is 0 Å². The summed E-state index contributed by atoms with van der Waals surface area (Å²) in [6.45, 7) is 0. The molecule has 4 nitrogen and oxygen atoms in total. The first-order valence-electron chi connectivity index (χ1n) is 6.04. The van der Waals surface area contributed by atoms with Crippen molar-refractivity contribution in [1.29, 1.82) is 0 Å². The number of aromatic amines is 1. The molecule has 0 amide bonds. The van der Waals surface area contributed by atoms with Gasteiger partial charge in [0.1, 0.15) is 0 Å². The predicted octanol–water partition coefficient (Wildman–Crippen LogP) is 3.17. The Hall–Kier alpha value is -2.75. The molecule has 0 aliphatic heterocycles. The van der Waals surface area contributed by atoms with Crippen LogP contribution in [0.15, 0.2) is 55.2 Å². The van der Waals surface area contributed by atoms with E-state index >= 15 is 0 Å². The highest BCUT2D eigenvalue weighted by Gasteiger charge is 2.09. The van der Waals surface area contributed by atoms with Gasteiger partial charge in [-0.3, -0.25) is 15.1 Å². The molecule has 0 fully saturated rings. The van der Waals surface area contributed by atoms with Crippen molar-refractivity contribution >= 4 is 21.7 Å². The van der Waals surface area contributed by atoms with E-state index in [0.717, 1.165) is 32.8 Å². The molecule has 0 saturated carbocycles. The van der Waals surface area contributed by atoms with E-state index in [1.54, 1.807) is 12.4 Å². The summed E-state index contributed by atoms with van der Waals surface area (Å²) in [4.78, 5) is 8.43. The van der Waals surface area contributed by atoms with E-state index in [0.29, 0.717) is 0 Å². The van der Waals surface area contributed by atoms with Crippen LogP contribution in [0.4, 0.5) is 0 Å². The van der Waals surface area contributed by atoms with Crippen molar-refractivity contribution in [3.8, 4) is 11.1 Å². The number of hydrogen-bond donors (Lipinski definition) is 1. The molecule has 0 bridgehead atoms. The minimum Gasteiger partial charge on any atom is -0.277 e. The van der Waals surface area contributed by atoms with Crippen molar-refractivity contribution < 1.29 is 0 Å². The average Bonchev–Trinajstić information content (AvgIpc) is 2.96. The van der Waals surface area contributed by atoms with Crippen LogP contribution in [0, 0.1) is 0 Å². The molecule has 4 aromatic rings. The monoisotopic (exact) mass is 246 g/mol. The molecule has 19 heavy (non-hydrogen) atoms. The lowest BCUT2D eigenvalue weighted by Gasteiger charge is -2.07. The fourth-order valence-electron chi connectivity index (χ4n) is 2.44. The Morgan fingerprint density at radius 3 is 2.74 bits per heavy atom. The maximum Gasteiger partial charge on any atom is 0.0730 e. The van der Waals surface area contributed by atoms with Crippen LogP contribution in [0.5, 0.6) is 0 Å². The van der Waals surface area contributed by atoms with Gasteiger partial charge >= 0.3 is 0 Å². The zero-order valence-electron chi connectivity index (χ0n) is 10.0. The topological polar surface area (TPSA) is 54.5 Å². The van der Waals surface area contributed by atoms with Gasteiger partial charge in [-0.25, -0.2) is 0 Å². The normalized spacial score (nSPS) is 11.2. The van der Waals surface area contributed by atoms with Crippen LogP contribution in [0.1, 0.15) is 0 Å². The molecule has 1 N–H and O–H groups in total. The van der Waals surface area contributed by atoms with Gasteiger partial charge in [0, 0.05) is 46.5 Å². The molecule has 0 radical (unpaired) electrons. The third-order valence-corrected chi connectivity index (χ3v) is 3.32. The number of H-pyrrole nitrogens is 1. The second-order valence-electron chi connectivity index (χ2n) is 4.42. The van der Waals surface area contributed by atoms with Crippen LogP contribution >= 0.6 is 0 Å². The Labute approximate surface area is 109 Å². The molecule has 0 unspecified atom stereocenters. The molecule has 0 atom stereocenters. The summed E-state index contributed by atoms with van der Waals surface area (Å²) in [6.07, 6.45) is 9.18. The van der Waals surface area contributed by atoms with Crippen molar-refractivity contribution in [1.82, 2.24) is 20.2 Å². The molecule has 1 aromatic carbocycles. The van der Waals surface area contributed by atoms with Crippen LogP contribution in [0.25, 0.3) is 32.8 Å². The zero-order valence-corrected chi connectivity index (χ0v) is 10.0. The highest BCUT2D eigenvalue weighted by molar-refractivity contribution is 6.11. The first kappa shape index (κ1) is 10.2. The van der Waals surface area contributed by atoms with Gasteiger partial charge in [0.2, 0.25) is 0 Å². The molecule has 90 valence electrons. The van der Waals surface area contributed by atoms with Crippen molar-refractivity contribution in [3.05, 3.63) is 55.2 Å². The maximum atomic E-state index is 4.24. The summed E-state index contributed by atoms with van der Waals surface area (Å²) >= 11 is 0. The smallest absolute Gasteiger partial charge is 0.0730 e. The van der Waals surface area contributed by atoms with Crippen molar-refractivity contribution in [3.63, 3.8) is 0 Å². The molecular weight excluding hydrogens is 236 g/mol. The molecule has 3 aromatic heterocycles. The van der Waals surface area contributed by atoms with Gasteiger partial charge < -0.3 is 0 Å². The van der Waals surface area contributed by atoms with Crippen LogP contribution < -0.4 is 0 Å². The zero-order chi connectivity index (χ0) is 12.7. The number of benzene rings is 1. The number of nitrogens with one attached hydrogen (secondary N) is 1. The Bertz CT molecular complexity index is 865. The third-order valence-electron chi connectivity index (χ3n) is 3.32.